The monoisotopic (exact) mass is 494 g/mol. The van der Waals surface area contributed by atoms with Crippen LogP contribution in [0.3, 0.4) is 0 Å². The molecule has 4 aromatic rings. The van der Waals surface area contributed by atoms with Gasteiger partial charge in [0, 0.05) is 5.56 Å². The Balaban J connectivity index is 1.69. The number of esters is 1. The summed E-state index contributed by atoms with van der Waals surface area (Å²) in [5, 5.41) is 7.55. The fraction of sp³-hybridized carbons (Fsp3) is 0.133. The Labute approximate surface area is 214 Å². The van der Waals surface area contributed by atoms with Crippen molar-refractivity contribution in [1.82, 2.24) is 10.6 Å². The smallest absolute Gasteiger partial charge is 0.338 e. The van der Waals surface area contributed by atoms with Crippen molar-refractivity contribution in [3.63, 3.8) is 0 Å². The van der Waals surface area contributed by atoms with Crippen LogP contribution in [0.15, 0.2) is 96.6 Å². The first kappa shape index (κ1) is 23.9. The first-order valence-electron chi connectivity index (χ1n) is 11.8. The Hall–Kier alpha value is -4.78. The lowest BCUT2D eigenvalue weighted by Crippen LogP contribution is -2.45. The Morgan fingerprint density at radius 1 is 0.865 bits per heavy atom. The van der Waals surface area contributed by atoms with Gasteiger partial charge in [-0.2, -0.15) is 0 Å². The number of amides is 2. The van der Waals surface area contributed by atoms with Crippen molar-refractivity contribution in [1.29, 1.82) is 0 Å². The van der Waals surface area contributed by atoms with E-state index < -0.39 is 18.0 Å². The minimum absolute atomic E-state index is 0.271. The molecule has 5 rings (SSSR count). The minimum Gasteiger partial charge on any atom is -0.497 e. The fourth-order valence-electron chi connectivity index (χ4n) is 4.53. The van der Waals surface area contributed by atoms with Crippen LogP contribution in [-0.4, -0.2) is 26.2 Å². The van der Waals surface area contributed by atoms with Gasteiger partial charge in [0.2, 0.25) is 0 Å². The molecule has 0 fully saturated rings. The summed E-state index contributed by atoms with van der Waals surface area (Å²) in [6, 6.07) is 27.3. The maximum absolute atomic E-state index is 13.3. The number of fused-ring (bicyclic) bond motifs is 1. The zero-order valence-corrected chi connectivity index (χ0v) is 20.5. The average molecular weight is 495 g/mol. The SMILES string of the molecule is COC(=O)C1=C(c2ccc(OC)cc2)NC(=O)NC1c1c(OCc2ccccc2)ccc2ccccc12. The van der Waals surface area contributed by atoms with E-state index in [2.05, 4.69) is 10.6 Å². The normalized spacial score (nSPS) is 15.1. The van der Waals surface area contributed by atoms with Gasteiger partial charge in [-0.15, -0.1) is 0 Å². The third-order valence-corrected chi connectivity index (χ3v) is 6.31. The number of carbonyl (C=O) groups excluding carboxylic acids is 2. The Morgan fingerprint density at radius 3 is 2.32 bits per heavy atom. The van der Waals surface area contributed by atoms with Crippen LogP contribution in [0, 0.1) is 0 Å². The second kappa shape index (κ2) is 10.5. The summed E-state index contributed by atoms with van der Waals surface area (Å²) in [5.41, 5.74) is 2.96. The van der Waals surface area contributed by atoms with E-state index in [0.717, 1.165) is 16.3 Å². The van der Waals surface area contributed by atoms with Crippen LogP contribution < -0.4 is 20.1 Å². The molecule has 0 aliphatic carbocycles. The zero-order valence-electron chi connectivity index (χ0n) is 20.5. The lowest BCUT2D eigenvalue weighted by Gasteiger charge is -2.31. The molecule has 0 aromatic heterocycles. The Morgan fingerprint density at radius 2 is 1.59 bits per heavy atom. The number of nitrogens with one attached hydrogen (secondary N) is 2. The van der Waals surface area contributed by atoms with Crippen molar-refractivity contribution in [3.05, 3.63) is 113 Å². The summed E-state index contributed by atoms with van der Waals surface area (Å²) in [6.07, 6.45) is 0. The van der Waals surface area contributed by atoms with Crippen molar-refractivity contribution in [3.8, 4) is 11.5 Å². The molecular weight excluding hydrogens is 468 g/mol. The average Bonchev–Trinajstić information content (AvgIpc) is 2.95. The van der Waals surface area contributed by atoms with Crippen molar-refractivity contribution in [2.24, 2.45) is 0 Å². The summed E-state index contributed by atoms with van der Waals surface area (Å²) < 4.78 is 16.8. The lowest BCUT2D eigenvalue weighted by molar-refractivity contribution is -0.136. The highest BCUT2D eigenvalue weighted by Crippen LogP contribution is 2.40. The van der Waals surface area contributed by atoms with Gasteiger partial charge < -0.3 is 24.8 Å². The fourth-order valence-corrected chi connectivity index (χ4v) is 4.53. The highest BCUT2D eigenvalue weighted by Gasteiger charge is 2.36. The molecule has 186 valence electrons. The molecule has 0 bridgehead atoms. The van der Waals surface area contributed by atoms with E-state index in [0.29, 0.717) is 34.9 Å². The highest BCUT2D eigenvalue weighted by molar-refractivity contribution is 6.06. The summed E-state index contributed by atoms with van der Waals surface area (Å²) in [6.45, 7) is 0.327. The topological polar surface area (TPSA) is 85.9 Å². The molecule has 0 saturated heterocycles. The molecule has 4 aromatic carbocycles. The molecule has 0 radical (unpaired) electrons. The summed E-state index contributed by atoms with van der Waals surface area (Å²) in [4.78, 5) is 26.2. The van der Waals surface area contributed by atoms with Gasteiger partial charge in [-0.05, 0) is 52.2 Å². The van der Waals surface area contributed by atoms with E-state index in [4.69, 9.17) is 14.2 Å². The summed E-state index contributed by atoms with van der Waals surface area (Å²) in [7, 11) is 2.90. The molecule has 2 amide bonds. The molecule has 1 atom stereocenters. The van der Waals surface area contributed by atoms with Crippen LogP contribution >= 0.6 is 0 Å². The zero-order chi connectivity index (χ0) is 25.8. The standard InChI is InChI=1S/C30H26N2O5/c1-35-22-15-12-21(13-16-22)27-26(29(33)36-2)28(32-30(34)31-27)25-23-11-7-6-10-20(23)14-17-24(25)37-18-19-8-4-3-5-9-19/h3-17,28H,18H2,1-2H3,(H2,31,32,34). The highest BCUT2D eigenvalue weighted by atomic mass is 16.5. The van der Waals surface area contributed by atoms with Gasteiger partial charge in [0.1, 0.15) is 18.1 Å². The van der Waals surface area contributed by atoms with E-state index in [1.165, 1.54) is 7.11 Å². The van der Waals surface area contributed by atoms with Gasteiger partial charge in [0.05, 0.1) is 31.5 Å². The van der Waals surface area contributed by atoms with Crippen LogP contribution in [0.25, 0.3) is 16.5 Å². The van der Waals surface area contributed by atoms with Crippen molar-refractivity contribution in [2.45, 2.75) is 12.6 Å². The number of urea groups is 1. The molecule has 1 aliphatic heterocycles. The van der Waals surface area contributed by atoms with Gasteiger partial charge in [-0.25, -0.2) is 9.59 Å². The van der Waals surface area contributed by atoms with Gasteiger partial charge in [0.25, 0.3) is 0 Å². The largest absolute Gasteiger partial charge is 0.497 e. The molecule has 7 heteroatoms. The molecule has 7 nitrogen and oxygen atoms in total. The number of hydrogen-bond donors (Lipinski definition) is 2. The minimum atomic E-state index is -0.824. The molecular formula is C30H26N2O5. The first-order valence-corrected chi connectivity index (χ1v) is 11.8. The predicted octanol–water partition coefficient (Wildman–Crippen LogP) is 5.37. The predicted molar refractivity (Wildman–Crippen MR) is 141 cm³/mol. The maximum Gasteiger partial charge on any atom is 0.338 e. The lowest BCUT2D eigenvalue weighted by atomic mass is 9.89. The van der Waals surface area contributed by atoms with Gasteiger partial charge in [-0.3, -0.25) is 0 Å². The molecule has 1 heterocycles. The van der Waals surface area contributed by atoms with E-state index >= 15 is 0 Å². The van der Waals surface area contributed by atoms with Crippen LogP contribution in [-0.2, 0) is 16.1 Å². The van der Waals surface area contributed by atoms with Crippen LogP contribution in [0.1, 0.15) is 22.7 Å². The van der Waals surface area contributed by atoms with Gasteiger partial charge in [0.15, 0.2) is 0 Å². The molecule has 37 heavy (non-hydrogen) atoms. The molecule has 0 saturated carbocycles. The second-order valence-corrected chi connectivity index (χ2v) is 8.51. The van der Waals surface area contributed by atoms with E-state index in [9.17, 15) is 9.59 Å². The molecule has 1 unspecified atom stereocenters. The van der Waals surface area contributed by atoms with Crippen LogP contribution in [0.2, 0.25) is 0 Å². The number of carbonyl (C=O) groups is 2. The molecule has 2 N–H and O–H groups in total. The van der Waals surface area contributed by atoms with Crippen LogP contribution in [0.5, 0.6) is 11.5 Å². The third kappa shape index (κ3) is 4.84. The van der Waals surface area contributed by atoms with E-state index in [1.54, 1.807) is 31.4 Å². The van der Waals surface area contributed by atoms with Crippen molar-refractivity contribution in [2.75, 3.05) is 14.2 Å². The number of rotatable bonds is 7. The van der Waals surface area contributed by atoms with Crippen molar-refractivity contribution >= 4 is 28.5 Å². The number of benzene rings is 4. The van der Waals surface area contributed by atoms with E-state index in [1.807, 2.05) is 66.7 Å². The Bertz CT molecular complexity index is 1480. The van der Waals surface area contributed by atoms with Gasteiger partial charge >= 0.3 is 12.0 Å². The molecule has 1 aliphatic rings. The number of hydrogen-bond acceptors (Lipinski definition) is 5. The summed E-state index contributed by atoms with van der Waals surface area (Å²) in [5.74, 6) is 0.655. The quantitative estimate of drug-likeness (QED) is 0.338. The number of ether oxygens (including phenoxy) is 3. The maximum atomic E-state index is 13.3. The van der Waals surface area contributed by atoms with Gasteiger partial charge in [-0.1, -0.05) is 60.7 Å². The number of methoxy groups -OCH3 is 2. The van der Waals surface area contributed by atoms with Crippen molar-refractivity contribution < 1.29 is 23.8 Å². The second-order valence-electron chi connectivity index (χ2n) is 8.51. The molecule has 0 spiro atoms. The summed E-state index contributed by atoms with van der Waals surface area (Å²) >= 11 is 0. The Kier molecular flexibility index (Phi) is 6.76. The third-order valence-electron chi connectivity index (χ3n) is 6.31. The first-order chi connectivity index (χ1) is 18.1. The van der Waals surface area contributed by atoms with E-state index in [-0.39, 0.29) is 5.57 Å². The van der Waals surface area contributed by atoms with Crippen LogP contribution in [0.4, 0.5) is 4.79 Å².